The lowest BCUT2D eigenvalue weighted by molar-refractivity contribution is 0.328. The van der Waals surface area contributed by atoms with Crippen molar-refractivity contribution in [3.63, 3.8) is 0 Å². The van der Waals surface area contributed by atoms with Gasteiger partial charge in [0.1, 0.15) is 0 Å². The first kappa shape index (κ1) is 10.7. The second kappa shape index (κ2) is 4.72. The first-order chi connectivity index (χ1) is 6.08. The zero-order chi connectivity index (χ0) is 9.84. The van der Waals surface area contributed by atoms with Crippen LogP contribution >= 0.6 is 15.9 Å². The van der Waals surface area contributed by atoms with Crippen LogP contribution in [0.15, 0.2) is 6.20 Å². The molecule has 0 fully saturated rings. The third-order valence-electron chi connectivity index (χ3n) is 1.65. The smallest absolute Gasteiger partial charge is 0.0966 e. The third-order valence-corrected chi connectivity index (χ3v) is 1.93. The summed E-state index contributed by atoms with van der Waals surface area (Å²) < 4.78 is 1.72. The first-order valence-electron chi connectivity index (χ1n) is 4.25. The Kier molecular flexibility index (Phi) is 3.87. The van der Waals surface area contributed by atoms with Gasteiger partial charge in [-0.25, -0.2) is 0 Å². The van der Waals surface area contributed by atoms with Crippen molar-refractivity contribution in [1.29, 1.82) is 0 Å². The van der Waals surface area contributed by atoms with Gasteiger partial charge in [-0.05, 0) is 7.05 Å². The molecule has 0 aliphatic rings. The highest BCUT2D eigenvalue weighted by Crippen LogP contribution is 2.03. The number of rotatable bonds is 4. The fourth-order valence-electron chi connectivity index (χ4n) is 1.24. The summed E-state index contributed by atoms with van der Waals surface area (Å²) >= 11 is 3.51. The monoisotopic (exact) mass is 246 g/mol. The second-order valence-electron chi connectivity index (χ2n) is 3.36. The number of aromatic nitrogens is 3. The summed E-state index contributed by atoms with van der Waals surface area (Å²) in [6.45, 7) is 3.99. The maximum atomic E-state index is 4.02. The Hall–Kier alpha value is -0.420. The van der Waals surface area contributed by atoms with E-state index in [2.05, 4.69) is 45.1 Å². The molecule has 0 aromatic carbocycles. The van der Waals surface area contributed by atoms with E-state index < -0.39 is 0 Å². The van der Waals surface area contributed by atoms with Gasteiger partial charge in [0, 0.05) is 31.2 Å². The van der Waals surface area contributed by atoms with Gasteiger partial charge in [-0.1, -0.05) is 28.1 Å². The minimum Gasteiger partial charge on any atom is -0.299 e. The van der Waals surface area contributed by atoms with Gasteiger partial charge in [0.2, 0.25) is 0 Å². The predicted molar refractivity (Wildman–Crippen MR) is 55.7 cm³/mol. The van der Waals surface area contributed by atoms with Gasteiger partial charge in [-0.15, -0.1) is 5.10 Å². The van der Waals surface area contributed by atoms with E-state index in [1.807, 2.05) is 13.2 Å². The van der Waals surface area contributed by atoms with E-state index >= 15 is 0 Å². The van der Waals surface area contributed by atoms with Crippen LogP contribution in [0, 0.1) is 0 Å². The Morgan fingerprint density at radius 1 is 1.69 bits per heavy atom. The Labute approximate surface area is 87.0 Å². The van der Waals surface area contributed by atoms with Crippen LogP contribution in [0.5, 0.6) is 0 Å². The maximum absolute atomic E-state index is 4.02. The Balaban J connectivity index is 2.40. The van der Waals surface area contributed by atoms with Crippen LogP contribution < -0.4 is 0 Å². The molecule has 0 spiro atoms. The van der Waals surface area contributed by atoms with Crippen LogP contribution in [0.2, 0.25) is 0 Å². The molecule has 13 heavy (non-hydrogen) atoms. The average Bonchev–Trinajstić information content (AvgIpc) is 2.33. The van der Waals surface area contributed by atoms with Gasteiger partial charge in [0.25, 0.3) is 0 Å². The molecule has 0 aliphatic heterocycles. The first-order valence-corrected chi connectivity index (χ1v) is 5.17. The predicted octanol–water partition coefficient (Wildman–Crippen LogP) is 1.03. The van der Waals surface area contributed by atoms with Crippen molar-refractivity contribution in [2.24, 2.45) is 7.05 Å². The Morgan fingerprint density at radius 2 is 2.38 bits per heavy atom. The van der Waals surface area contributed by atoms with Crippen LogP contribution in [0.1, 0.15) is 12.6 Å². The summed E-state index contributed by atoms with van der Waals surface area (Å²) in [5, 5.41) is 7.90. The molecule has 0 saturated heterocycles. The standard InChI is InChI=1S/C8H15BrN4/c1-7(9)4-12(2)5-8-6-13(3)11-10-8/h6-7H,4-5H2,1-3H3. The van der Waals surface area contributed by atoms with Gasteiger partial charge in [-0.2, -0.15) is 0 Å². The summed E-state index contributed by atoms with van der Waals surface area (Å²) in [5.41, 5.74) is 1.01. The summed E-state index contributed by atoms with van der Waals surface area (Å²) in [6, 6.07) is 0. The summed E-state index contributed by atoms with van der Waals surface area (Å²) in [6.07, 6.45) is 1.94. The molecule has 1 heterocycles. The van der Waals surface area contributed by atoms with Crippen molar-refractivity contribution in [2.45, 2.75) is 18.3 Å². The van der Waals surface area contributed by atoms with E-state index in [0.717, 1.165) is 18.8 Å². The molecule has 0 bridgehead atoms. The Bertz CT molecular complexity index is 258. The van der Waals surface area contributed by atoms with E-state index in [9.17, 15) is 0 Å². The molecule has 1 unspecified atom stereocenters. The lowest BCUT2D eigenvalue weighted by Gasteiger charge is -2.15. The van der Waals surface area contributed by atoms with Gasteiger partial charge < -0.3 is 0 Å². The normalized spacial score (nSPS) is 13.6. The molecular weight excluding hydrogens is 232 g/mol. The third kappa shape index (κ3) is 3.87. The largest absolute Gasteiger partial charge is 0.299 e. The maximum Gasteiger partial charge on any atom is 0.0966 e. The molecule has 4 nitrogen and oxygen atoms in total. The average molecular weight is 247 g/mol. The summed E-state index contributed by atoms with van der Waals surface area (Å²) in [7, 11) is 3.95. The van der Waals surface area contributed by atoms with E-state index in [0.29, 0.717) is 4.83 Å². The van der Waals surface area contributed by atoms with E-state index in [-0.39, 0.29) is 0 Å². The molecule has 1 aromatic heterocycles. The number of alkyl halides is 1. The molecule has 74 valence electrons. The number of hydrogen-bond acceptors (Lipinski definition) is 3. The highest BCUT2D eigenvalue weighted by Gasteiger charge is 2.05. The highest BCUT2D eigenvalue weighted by atomic mass is 79.9. The molecule has 0 radical (unpaired) electrons. The fraction of sp³-hybridized carbons (Fsp3) is 0.750. The molecule has 0 saturated carbocycles. The van der Waals surface area contributed by atoms with E-state index in [1.165, 1.54) is 0 Å². The van der Waals surface area contributed by atoms with Crippen LogP contribution in [-0.4, -0.2) is 38.3 Å². The highest BCUT2D eigenvalue weighted by molar-refractivity contribution is 9.09. The molecule has 1 aromatic rings. The number of aryl methyl sites for hydroxylation is 1. The van der Waals surface area contributed by atoms with Gasteiger partial charge in [0.15, 0.2) is 0 Å². The number of hydrogen-bond donors (Lipinski definition) is 0. The molecular formula is C8H15BrN4. The van der Waals surface area contributed by atoms with Crippen LogP contribution in [0.3, 0.4) is 0 Å². The second-order valence-corrected chi connectivity index (χ2v) is 4.92. The van der Waals surface area contributed by atoms with Gasteiger partial charge >= 0.3 is 0 Å². The van der Waals surface area contributed by atoms with Crippen molar-refractivity contribution in [1.82, 2.24) is 19.9 Å². The van der Waals surface area contributed by atoms with Crippen molar-refractivity contribution in [3.8, 4) is 0 Å². The fourth-order valence-corrected chi connectivity index (χ4v) is 1.73. The topological polar surface area (TPSA) is 34.0 Å². The minimum absolute atomic E-state index is 0.508. The number of nitrogens with zero attached hydrogens (tertiary/aromatic N) is 4. The zero-order valence-corrected chi connectivity index (χ0v) is 9.82. The molecule has 0 N–H and O–H groups in total. The minimum atomic E-state index is 0.508. The van der Waals surface area contributed by atoms with Crippen molar-refractivity contribution >= 4 is 15.9 Å². The van der Waals surface area contributed by atoms with Crippen LogP contribution in [0.4, 0.5) is 0 Å². The van der Waals surface area contributed by atoms with Crippen molar-refractivity contribution < 1.29 is 0 Å². The zero-order valence-electron chi connectivity index (χ0n) is 8.24. The van der Waals surface area contributed by atoms with E-state index in [1.54, 1.807) is 4.68 Å². The lowest BCUT2D eigenvalue weighted by Crippen LogP contribution is -2.24. The van der Waals surface area contributed by atoms with Crippen LogP contribution in [-0.2, 0) is 13.6 Å². The van der Waals surface area contributed by atoms with Crippen molar-refractivity contribution in [3.05, 3.63) is 11.9 Å². The SMILES string of the molecule is CC(Br)CN(C)Cc1cn(C)nn1. The number of halogens is 1. The molecule has 1 atom stereocenters. The Morgan fingerprint density at radius 3 is 2.85 bits per heavy atom. The molecule has 1 rings (SSSR count). The molecule has 0 amide bonds. The quantitative estimate of drug-likeness (QED) is 0.745. The van der Waals surface area contributed by atoms with Crippen molar-refractivity contribution in [2.75, 3.05) is 13.6 Å². The van der Waals surface area contributed by atoms with Gasteiger partial charge in [0.05, 0.1) is 5.69 Å². The summed E-state index contributed by atoms with van der Waals surface area (Å²) in [4.78, 5) is 2.72. The molecule has 5 heteroatoms. The molecule has 0 aliphatic carbocycles. The lowest BCUT2D eigenvalue weighted by atomic mass is 10.4. The summed E-state index contributed by atoms with van der Waals surface area (Å²) in [5.74, 6) is 0. The van der Waals surface area contributed by atoms with Crippen LogP contribution in [0.25, 0.3) is 0 Å². The van der Waals surface area contributed by atoms with E-state index in [4.69, 9.17) is 0 Å². The van der Waals surface area contributed by atoms with Gasteiger partial charge in [-0.3, -0.25) is 9.58 Å².